The summed E-state index contributed by atoms with van der Waals surface area (Å²) in [5.41, 5.74) is 4.23. The van der Waals surface area contributed by atoms with Crippen molar-refractivity contribution in [2.75, 3.05) is 5.32 Å². The number of rotatable bonds is 3. The van der Waals surface area contributed by atoms with Crippen LogP contribution in [-0.4, -0.2) is 11.0 Å². The minimum atomic E-state index is -0.311. The molecule has 1 amide bonds. The van der Waals surface area contributed by atoms with Crippen LogP contribution in [0.25, 0.3) is 0 Å². The molecule has 3 rings (SSSR count). The number of thiocarbonyl (C=S) groups is 1. The third-order valence-corrected chi connectivity index (χ3v) is 5.15. The van der Waals surface area contributed by atoms with Crippen LogP contribution in [0.5, 0.6) is 0 Å². The van der Waals surface area contributed by atoms with Crippen LogP contribution in [0.4, 0.5) is 5.69 Å². The summed E-state index contributed by atoms with van der Waals surface area (Å²) < 4.78 is 0.997. The fourth-order valence-corrected chi connectivity index (χ4v) is 3.42. The van der Waals surface area contributed by atoms with E-state index in [2.05, 4.69) is 31.9 Å². The lowest BCUT2D eigenvalue weighted by Gasteiger charge is -2.30. The molecule has 1 aliphatic heterocycles. The van der Waals surface area contributed by atoms with Crippen LogP contribution in [0.2, 0.25) is 0 Å². The molecule has 0 bridgehead atoms. The predicted octanol–water partition coefficient (Wildman–Crippen LogP) is 4.19. The molecule has 0 spiro atoms. The van der Waals surface area contributed by atoms with Gasteiger partial charge in [-0.05, 0) is 55.4 Å². The van der Waals surface area contributed by atoms with E-state index >= 15 is 0 Å². The number of aryl methyl sites for hydroxylation is 1. The second-order valence-electron chi connectivity index (χ2n) is 5.90. The Morgan fingerprint density at radius 1 is 1.16 bits per heavy atom. The Bertz CT molecular complexity index is 864. The van der Waals surface area contributed by atoms with E-state index in [1.165, 1.54) is 0 Å². The first-order valence-corrected chi connectivity index (χ1v) is 9.06. The van der Waals surface area contributed by atoms with Gasteiger partial charge in [0.2, 0.25) is 0 Å². The fourth-order valence-electron chi connectivity index (χ4n) is 2.75. The van der Waals surface area contributed by atoms with E-state index < -0.39 is 0 Å². The largest absolute Gasteiger partial charge is 0.351 e. The Balaban J connectivity index is 1.97. The number of amides is 1. The Kier molecular flexibility index (Phi) is 5.20. The van der Waals surface area contributed by atoms with Crippen LogP contribution in [0, 0.1) is 6.92 Å². The Hall–Kier alpha value is -2.18. The van der Waals surface area contributed by atoms with Gasteiger partial charge in [-0.15, -0.1) is 0 Å². The van der Waals surface area contributed by atoms with Crippen molar-refractivity contribution >= 4 is 44.9 Å². The molecule has 0 unspecified atom stereocenters. The zero-order valence-corrected chi connectivity index (χ0v) is 16.3. The SMILES string of the molecule is CC1=C(C(=O)Nc2ccccc2)[C@@H](c2ccc(C)c(Br)c2)NC(=S)N1. The normalized spacial score (nSPS) is 16.9. The highest BCUT2D eigenvalue weighted by atomic mass is 79.9. The van der Waals surface area contributed by atoms with Crippen molar-refractivity contribution in [3.8, 4) is 0 Å². The summed E-state index contributed by atoms with van der Waals surface area (Å²) in [5, 5.41) is 9.72. The van der Waals surface area contributed by atoms with Crippen LogP contribution in [0.3, 0.4) is 0 Å². The average Bonchev–Trinajstić information content (AvgIpc) is 2.57. The van der Waals surface area contributed by atoms with Gasteiger partial charge >= 0.3 is 0 Å². The number of allylic oxidation sites excluding steroid dienone is 1. The second-order valence-corrected chi connectivity index (χ2v) is 7.16. The first kappa shape index (κ1) is 17.6. The molecule has 1 aliphatic rings. The number of carbonyl (C=O) groups is 1. The number of benzene rings is 2. The van der Waals surface area contributed by atoms with Gasteiger partial charge in [0, 0.05) is 15.9 Å². The molecule has 4 nitrogen and oxygen atoms in total. The molecule has 3 N–H and O–H groups in total. The molecule has 1 atom stereocenters. The number of nitrogens with one attached hydrogen (secondary N) is 3. The van der Waals surface area contributed by atoms with Gasteiger partial charge in [-0.3, -0.25) is 4.79 Å². The maximum atomic E-state index is 12.9. The summed E-state index contributed by atoms with van der Waals surface area (Å²) in [7, 11) is 0. The quantitative estimate of drug-likeness (QED) is 0.657. The molecule has 1 heterocycles. The number of hydrogen-bond donors (Lipinski definition) is 3. The lowest BCUT2D eigenvalue weighted by molar-refractivity contribution is -0.113. The second kappa shape index (κ2) is 7.37. The van der Waals surface area contributed by atoms with E-state index in [9.17, 15) is 4.79 Å². The molecule has 0 saturated carbocycles. The van der Waals surface area contributed by atoms with E-state index in [-0.39, 0.29) is 11.9 Å². The van der Waals surface area contributed by atoms with Crippen molar-refractivity contribution in [1.29, 1.82) is 0 Å². The van der Waals surface area contributed by atoms with E-state index in [0.717, 1.165) is 27.0 Å². The van der Waals surface area contributed by atoms with Crippen molar-refractivity contribution in [2.45, 2.75) is 19.9 Å². The molecule has 0 aromatic heterocycles. The van der Waals surface area contributed by atoms with Gasteiger partial charge in [-0.25, -0.2) is 0 Å². The van der Waals surface area contributed by atoms with Crippen molar-refractivity contribution in [3.05, 3.63) is 75.4 Å². The van der Waals surface area contributed by atoms with Crippen LogP contribution in [-0.2, 0) is 4.79 Å². The maximum absolute atomic E-state index is 12.9. The minimum Gasteiger partial charge on any atom is -0.351 e. The molecule has 0 radical (unpaired) electrons. The van der Waals surface area contributed by atoms with Crippen LogP contribution in [0.15, 0.2) is 64.3 Å². The van der Waals surface area contributed by atoms with Gasteiger partial charge in [0.25, 0.3) is 5.91 Å². The van der Waals surface area contributed by atoms with Crippen LogP contribution < -0.4 is 16.0 Å². The Labute approximate surface area is 160 Å². The van der Waals surface area contributed by atoms with E-state index in [0.29, 0.717) is 10.7 Å². The highest BCUT2D eigenvalue weighted by molar-refractivity contribution is 9.10. The van der Waals surface area contributed by atoms with Gasteiger partial charge in [0.05, 0.1) is 11.6 Å². The lowest BCUT2D eigenvalue weighted by atomic mass is 9.94. The van der Waals surface area contributed by atoms with Crippen LogP contribution >= 0.6 is 28.1 Å². The van der Waals surface area contributed by atoms with Gasteiger partial charge < -0.3 is 16.0 Å². The third kappa shape index (κ3) is 3.91. The smallest absolute Gasteiger partial charge is 0.255 e. The number of hydrogen-bond acceptors (Lipinski definition) is 2. The van der Waals surface area contributed by atoms with Gasteiger partial charge in [-0.2, -0.15) is 0 Å². The van der Waals surface area contributed by atoms with E-state index in [1.54, 1.807) is 0 Å². The molecule has 2 aromatic carbocycles. The van der Waals surface area contributed by atoms with Gasteiger partial charge in [0.15, 0.2) is 5.11 Å². The molecule has 0 aliphatic carbocycles. The van der Waals surface area contributed by atoms with Crippen molar-refractivity contribution in [2.24, 2.45) is 0 Å². The summed E-state index contributed by atoms with van der Waals surface area (Å²) >= 11 is 8.85. The lowest BCUT2D eigenvalue weighted by Crippen LogP contribution is -2.45. The molecule has 0 saturated heterocycles. The number of halogens is 1. The van der Waals surface area contributed by atoms with Crippen molar-refractivity contribution in [1.82, 2.24) is 10.6 Å². The van der Waals surface area contributed by atoms with Crippen LogP contribution in [0.1, 0.15) is 24.1 Å². The maximum Gasteiger partial charge on any atom is 0.255 e. The van der Waals surface area contributed by atoms with E-state index in [1.807, 2.05) is 62.4 Å². The zero-order valence-electron chi connectivity index (χ0n) is 13.9. The average molecular weight is 416 g/mol. The minimum absolute atomic E-state index is 0.159. The zero-order chi connectivity index (χ0) is 18.0. The monoisotopic (exact) mass is 415 g/mol. The van der Waals surface area contributed by atoms with Gasteiger partial charge in [-0.1, -0.05) is 46.3 Å². The molecule has 0 fully saturated rings. The molecule has 128 valence electrons. The predicted molar refractivity (Wildman–Crippen MR) is 108 cm³/mol. The third-order valence-electron chi connectivity index (χ3n) is 4.07. The molecular weight excluding hydrogens is 398 g/mol. The van der Waals surface area contributed by atoms with Crippen molar-refractivity contribution in [3.63, 3.8) is 0 Å². The number of carbonyl (C=O) groups excluding carboxylic acids is 1. The molecule has 25 heavy (non-hydrogen) atoms. The summed E-state index contributed by atoms with van der Waals surface area (Å²) in [6.45, 7) is 3.89. The summed E-state index contributed by atoms with van der Waals surface area (Å²) in [4.78, 5) is 12.9. The fraction of sp³-hybridized carbons (Fsp3) is 0.158. The topological polar surface area (TPSA) is 53.2 Å². The highest BCUT2D eigenvalue weighted by Crippen LogP contribution is 2.30. The molecule has 2 aromatic rings. The Morgan fingerprint density at radius 2 is 1.88 bits per heavy atom. The summed E-state index contributed by atoms with van der Waals surface area (Å²) in [6, 6.07) is 15.1. The first-order chi connectivity index (χ1) is 12.0. The molecular formula is C19H18BrN3OS. The Morgan fingerprint density at radius 3 is 2.56 bits per heavy atom. The first-order valence-electron chi connectivity index (χ1n) is 7.86. The highest BCUT2D eigenvalue weighted by Gasteiger charge is 2.30. The number of anilines is 1. The van der Waals surface area contributed by atoms with E-state index in [4.69, 9.17) is 12.2 Å². The number of para-hydroxylation sites is 1. The summed E-state index contributed by atoms with van der Waals surface area (Å²) in [6.07, 6.45) is 0. The standard InChI is InChI=1S/C19H18BrN3OS/c1-11-8-9-13(10-15(11)20)17-16(12(2)21-19(25)23-17)18(24)22-14-6-4-3-5-7-14/h3-10,17H,1-2H3,(H,22,24)(H2,21,23,25)/t17-/m1/s1. The summed E-state index contributed by atoms with van der Waals surface area (Å²) in [5.74, 6) is -0.159. The van der Waals surface area contributed by atoms with Crippen molar-refractivity contribution < 1.29 is 4.79 Å². The molecule has 6 heteroatoms. The van der Waals surface area contributed by atoms with Gasteiger partial charge in [0.1, 0.15) is 0 Å².